The fraction of sp³-hybridized carbons (Fsp3) is 0.318. The Labute approximate surface area is 185 Å². The SMILES string of the molecule is C[C@H](CNCCc1ccc(N(C)C)cc1)NS(=O)(=O)c1ccc2cnccc2c1.Cl. The maximum absolute atomic E-state index is 12.7. The average molecular weight is 449 g/mol. The predicted molar refractivity (Wildman–Crippen MR) is 126 cm³/mol. The molecule has 0 unspecified atom stereocenters. The van der Waals surface area contributed by atoms with E-state index in [1.807, 2.05) is 27.1 Å². The largest absolute Gasteiger partial charge is 0.378 e. The quantitative estimate of drug-likeness (QED) is 0.491. The molecule has 0 radical (unpaired) electrons. The van der Waals surface area contributed by atoms with Crippen LogP contribution in [0, 0.1) is 0 Å². The Hall–Kier alpha value is -2.19. The van der Waals surface area contributed by atoms with Gasteiger partial charge in [-0.2, -0.15) is 0 Å². The summed E-state index contributed by atoms with van der Waals surface area (Å²) in [4.78, 5) is 6.39. The third-order valence-electron chi connectivity index (χ3n) is 4.77. The lowest BCUT2D eigenvalue weighted by atomic mass is 10.1. The molecule has 6 nitrogen and oxygen atoms in total. The van der Waals surface area contributed by atoms with E-state index < -0.39 is 10.0 Å². The summed E-state index contributed by atoms with van der Waals surface area (Å²) in [6.07, 6.45) is 4.28. The van der Waals surface area contributed by atoms with E-state index in [9.17, 15) is 8.42 Å². The van der Waals surface area contributed by atoms with E-state index in [2.05, 4.69) is 44.2 Å². The van der Waals surface area contributed by atoms with Gasteiger partial charge in [0.1, 0.15) is 0 Å². The molecule has 8 heteroatoms. The van der Waals surface area contributed by atoms with Crippen LogP contribution in [0.3, 0.4) is 0 Å². The number of fused-ring (bicyclic) bond motifs is 1. The van der Waals surface area contributed by atoms with Crippen molar-refractivity contribution in [3.8, 4) is 0 Å². The normalized spacial score (nSPS) is 12.4. The molecule has 0 amide bonds. The number of benzene rings is 2. The van der Waals surface area contributed by atoms with Crippen molar-refractivity contribution >= 4 is 38.9 Å². The van der Waals surface area contributed by atoms with Crippen molar-refractivity contribution < 1.29 is 8.42 Å². The highest BCUT2D eigenvalue weighted by atomic mass is 35.5. The molecule has 0 saturated heterocycles. The molecule has 0 aliphatic rings. The summed E-state index contributed by atoms with van der Waals surface area (Å²) < 4.78 is 28.1. The lowest BCUT2D eigenvalue weighted by molar-refractivity contribution is 0.537. The zero-order valence-electron chi connectivity index (χ0n) is 17.5. The molecule has 1 aromatic heterocycles. The van der Waals surface area contributed by atoms with Gasteiger partial charge in [-0.1, -0.05) is 18.2 Å². The average Bonchev–Trinajstić information content (AvgIpc) is 2.71. The first kappa shape index (κ1) is 24.1. The van der Waals surface area contributed by atoms with Crippen LogP contribution in [0.25, 0.3) is 10.8 Å². The lowest BCUT2D eigenvalue weighted by Gasteiger charge is -2.16. The van der Waals surface area contributed by atoms with Crippen LogP contribution in [0.2, 0.25) is 0 Å². The second-order valence-electron chi connectivity index (χ2n) is 7.42. The van der Waals surface area contributed by atoms with Gasteiger partial charge in [0, 0.05) is 50.1 Å². The molecule has 3 aromatic rings. The molecule has 0 bridgehead atoms. The maximum Gasteiger partial charge on any atom is 0.240 e. The molecule has 3 rings (SSSR count). The molecule has 2 aromatic carbocycles. The number of sulfonamides is 1. The van der Waals surface area contributed by atoms with Crippen LogP contribution in [0.5, 0.6) is 0 Å². The van der Waals surface area contributed by atoms with Gasteiger partial charge >= 0.3 is 0 Å². The molecule has 30 heavy (non-hydrogen) atoms. The zero-order chi connectivity index (χ0) is 20.9. The number of hydrogen-bond donors (Lipinski definition) is 2. The Bertz CT molecular complexity index is 1060. The van der Waals surface area contributed by atoms with Gasteiger partial charge in [-0.25, -0.2) is 13.1 Å². The second kappa shape index (κ2) is 10.7. The highest BCUT2D eigenvalue weighted by Gasteiger charge is 2.17. The number of aromatic nitrogens is 1. The highest BCUT2D eigenvalue weighted by Crippen LogP contribution is 2.18. The first-order valence-electron chi connectivity index (χ1n) is 9.68. The summed E-state index contributed by atoms with van der Waals surface area (Å²) in [5.41, 5.74) is 2.43. The molecular weight excluding hydrogens is 420 g/mol. The molecule has 0 aliphatic heterocycles. The Morgan fingerprint density at radius 3 is 2.47 bits per heavy atom. The molecule has 0 spiro atoms. The predicted octanol–water partition coefficient (Wildman–Crippen LogP) is 3.22. The second-order valence-corrected chi connectivity index (χ2v) is 9.14. The Kier molecular flexibility index (Phi) is 8.61. The van der Waals surface area contributed by atoms with Gasteiger partial charge in [0.2, 0.25) is 10.0 Å². The molecule has 1 atom stereocenters. The molecule has 0 saturated carbocycles. The van der Waals surface area contributed by atoms with Gasteiger partial charge in [0.15, 0.2) is 0 Å². The summed E-state index contributed by atoms with van der Waals surface area (Å²) in [6.45, 7) is 3.21. The van der Waals surface area contributed by atoms with E-state index in [4.69, 9.17) is 0 Å². The molecule has 0 aliphatic carbocycles. The van der Waals surface area contributed by atoms with E-state index in [-0.39, 0.29) is 23.3 Å². The highest BCUT2D eigenvalue weighted by molar-refractivity contribution is 7.89. The third-order valence-corrected chi connectivity index (χ3v) is 6.36. The number of nitrogens with one attached hydrogen (secondary N) is 2. The number of pyridine rings is 1. The summed E-state index contributed by atoms with van der Waals surface area (Å²) in [7, 11) is 0.476. The van der Waals surface area contributed by atoms with Crippen molar-refractivity contribution in [3.63, 3.8) is 0 Å². The molecule has 162 valence electrons. The van der Waals surface area contributed by atoms with Crippen molar-refractivity contribution in [2.24, 2.45) is 0 Å². The van der Waals surface area contributed by atoms with Crippen LogP contribution < -0.4 is 14.9 Å². The smallest absolute Gasteiger partial charge is 0.240 e. The standard InChI is InChI=1S/C22H28N4O2S.ClH/c1-17(15-23-12-10-18-4-7-21(8-5-18)26(2)3)25-29(27,28)22-9-6-20-16-24-13-11-19(20)14-22;/h4-9,11,13-14,16-17,23,25H,10,12,15H2,1-3H3;1H/t17-;/m1./s1. The first-order valence-corrected chi connectivity index (χ1v) is 11.2. The van der Waals surface area contributed by atoms with Crippen molar-refractivity contribution in [2.45, 2.75) is 24.3 Å². The number of halogens is 1. The van der Waals surface area contributed by atoms with Crippen LogP contribution in [0.1, 0.15) is 12.5 Å². The minimum atomic E-state index is -3.57. The van der Waals surface area contributed by atoms with E-state index in [0.29, 0.717) is 6.54 Å². The molecular formula is C22H29ClN4O2S. The fourth-order valence-electron chi connectivity index (χ4n) is 3.12. The molecule has 2 N–H and O–H groups in total. The van der Waals surface area contributed by atoms with Crippen LogP contribution >= 0.6 is 12.4 Å². The van der Waals surface area contributed by atoms with E-state index in [1.54, 1.807) is 30.6 Å². The van der Waals surface area contributed by atoms with Crippen LogP contribution in [-0.2, 0) is 16.4 Å². The van der Waals surface area contributed by atoms with Crippen LogP contribution in [0.4, 0.5) is 5.69 Å². The summed E-state index contributed by atoms with van der Waals surface area (Å²) >= 11 is 0. The summed E-state index contributed by atoms with van der Waals surface area (Å²) in [6, 6.07) is 15.1. The van der Waals surface area contributed by atoms with Crippen molar-refractivity contribution in [1.82, 2.24) is 15.0 Å². The van der Waals surface area contributed by atoms with Crippen molar-refractivity contribution in [1.29, 1.82) is 0 Å². The van der Waals surface area contributed by atoms with Crippen molar-refractivity contribution in [3.05, 3.63) is 66.5 Å². The third kappa shape index (κ3) is 6.40. The lowest BCUT2D eigenvalue weighted by Crippen LogP contribution is -2.40. The minimum absolute atomic E-state index is 0. The van der Waals surface area contributed by atoms with Gasteiger partial charge < -0.3 is 10.2 Å². The van der Waals surface area contributed by atoms with Gasteiger partial charge in [-0.3, -0.25) is 4.98 Å². The number of anilines is 1. The number of nitrogens with zero attached hydrogens (tertiary/aromatic N) is 2. The van der Waals surface area contributed by atoms with E-state index >= 15 is 0 Å². The number of rotatable bonds is 9. The van der Waals surface area contributed by atoms with E-state index in [1.165, 1.54) is 11.3 Å². The maximum atomic E-state index is 12.7. The molecule has 1 heterocycles. The van der Waals surface area contributed by atoms with Crippen LogP contribution in [-0.4, -0.2) is 46.6 Å². The van der Waals surface area contributed by atoms with Crippen LogP contribution in [0.15, 0.2) is 65.8 Å². The molecule has 0 fully saturated rings. The van der Waals surface area contributed by atoms with Gasteiger partial charge in [-0.05, 0) is 61.2 Å². The Balaban J connectivity index is 0.00000320. The van der Waals surface area contributed by atoms with Gasteiger partial charge in [0.25, 0.3) is 0 Å². The number of hydrogen-bond acceptors (Lipinski definition) is 5. The van der Waals surface area contributed by atoms with Gasteiger partial charge in [-0.15, -0.1) is 12.4 Å². The Morgan fingerprint density at radius 1 is 1.03 bits per heavy atom. The van der Waals surface area contributed by atoms with Gasteiger partial charge in [0.05, 0.1) is 4.90 Å². The van der Waals surface area contributed by atoms with E-state index in [0.717, 1.165) is 23.7 Å². The topological polar surface area (TPSA) is 74.3 Å². The Morgan fingerprint density at radius 2 is 1.77 bits per heavy atom. The monoisotopic (exact) mass is 448 g/mol. The summed E-state index contributed by atoms with van der Waals surface area (Å²) in [5.74, 6) is 0. The first-order chi connectivity index (χ1) is 13.8. The van der Waals surface area contributed by atoms with Crippen molar-refractivity contribution in [2.75, 3.05) is 32.1 Å². The zero-order valence-corrected chi connectivity index (χ0v) is 19.1. The summed E-state index contributed by atoms with van der Waals surface area (Å²) in [5, 5.41) is 5.10. The fourth-order valence-corrected chi connectivity index (χ4v) is 4.39. The minimum Gasteiger partial charge on any atom is -0.378 e.